The third-order valence-electron chi connectivity index (χ3n) is 4.09. The van der Waals surface area contributed by atoms with Crippen molar-refractivity contribution in [3.05, 3.63) is 42.7 Å². The highest BCUT2D eigenvalue weighted by molar-refractivity contribution is 9.10. The monoisotopic (exact) mass is 369 g/mol. The lowest BCUT2D eigenvalue weighted by atomic mass is 9.81. The number of halogens is 1. The third-order valence-corrected chi connectivity index (χ3v) is 6.81. The normalized spacial score (nSPS) is 19.8. The first-order valence-electron chi connectivity index (χ1n) is 7.30. The van der Waals surface area contributed by atoms with Crippen LogP contribution in [0.5, 0.6) is 0 Å². The number of rotatable bonds is 5. The molecule has 1 aliphatic rings. The molecule has 0 saturated carbocycles. The zero-order chi connectivity index (χ0) is 13.9. The summed E-state index contributed by atoms with van der Waals surface area (Å²) in [6, 6.07) is 5.20. The van der Waals surface area contributed by atoms with Gasteiger partial charge < -0.3 is 5.32 Å². The largest absolute Gasteiger partial charge is 0.313 e. The predicted molar refractivity (Wildman–Crippen MR) is 93.2 cm³/mol. The van der Waals surface area contributed by atoms with Crippen LogP contribution in [0.2, 0.25) is 0 Å². The van der Waals surface area contributed by atoms with Gasteiger partial charge in [-0.2, -0.15) is 0 Å². The van der Waals surface area contributed by atoms with Crippen LogP contribution in [0.4, 0.5) is 0 Å². The van der Waals surface area contributed by atoms with Gasteiger partial charge >= 0.3 is 0 Å². The Labute approximate surface area is 137 Å². The lowest BCUT2D eigenvalue weighted by molar-refractivity contribution is 0.400. The van der Waals surface area contributed by atoms with Crippen molar-refractivity contribution in [2.24, 2.45) is 0 Å². The van der Waals surface area contributed by atoms with Gasteiger partial charge in [-0.05, 0) is 71.2 Å². The summed E-state index contributed by atoms with van der Waals surface area (Å²) in [7, 11) is 0. The summed E-state index contributed by atoms with van der Waals surface area (Å²) in [6.07, 6.45) is 5.10. The van der Waals surface area contributed by atoms with Crippen LogP contribution < -0.4 is 5.32 Å². The summed E-state index contributed by atoms with van der Waals surface area (Å²) in [5.41, 5.74) is 1.61. The van der Waals surface area contributed by atoms with E-state index in [2.05, 4.69) is 51.1 Å². The zero-order valence-electron chi connectivity index (χ0n) is 11.7. The number of likely N-dealkylation sites (N-methyl/N-ethyl adjacent to an activating group) is 1. The minimum absolute atomic E-state index is 0.569. The van der Waals surface area contributed by atoms with Crippen LogP contribution in [-0.2, 0) is 12.8 Å². The van der Waals surface area contributed by atoms with E-state index in [-0.39, 0.29) is 0 Å². The fourth-order valence-corrected chi connectivity index (χ4v) is 5.74. The molecule has 2 aromatic heterocycles. The van der Waals surface area contributed by atoms with Crippen LogP contribution in [0.1, 0.15) is 41.0 Å². The maximum absolute atomic E-state index is 3.74. The Morgan fingerprint density at radius 2 is 2.35 bits per heavy atom. The van der Waals surface area contributed by atoms with E-state index < -0.39 is 0 Å². The van der Waals surface area contributed by atoms with Crippen molar-refractivity contribution in [3.8, 4) is 0 Å². The van der Waals surface area contributed by atoms with E-state index in [0.717, 1.165) is 13.0 Å². The van der Waals surface area contributed by atoms with Gasteiger partial charge in [0.1, 0.15) is 0 Å². The average Bonchev–Trinajstić information content (AvgIpc) is 3.06. The lowest BCUT2D eigenvalue weighted by Gasteiger charge is -2.31. The van der Waals surface area contributed by atoms with Crippen LogP contribution >= 0.6 is 38.6 Å². The van der Waals surface area contributed by atoms with E-state index in [1.54, 1.807) is 10.4 Å². The Bertz CT molecular complexity index is 560. The first-order chi connectivity index (χ1) is 9.78. The van der Waals surface area contributed by atoms with Crippen molar-refractivity contribution in [1.82, 2.24) is 5.32 Å². The summed E-state index contributed by atoms with van der Waals surface area (Å²) in [4.78, 5) is 3.10. The summed E-state index contributed by atoms with van der Waals surface area (Å²) in [6.45, 7) is 3.27. The summed E-state index contributed by atoms with van der Waals surface area (Å²) >= 11 is 7.38. The molecule has 2 unspecified atom stereocenters. The quantitative estimate of drug-likeness (QED) is 0.762. The molecule has 3 rings (SSSR count). The molecule has 0 aromatic carbocycles. The van der Waals surface area contributed by atoms with Gasteiger partial charge in [-0.3, -0.25) is 0 Å². The van der Waals surface area contributed by atoms with Crippen molar-refractivity contribution in [1.29, 1.82) is 0 Å². The number of fused-ring (bicyclic) bond motifs is 1. The molecule has 1 aliphatic carbocycles. The van der Waals surface area contributed by atoms with E-state index in [1.165, 1.54) is 28.6 Å². The molecule has 20 heavy (non-hydrogen) atoms. The van der Waals surface area contributed by atoms with E-state index >= 15 is 0 Å². The van der Waals surface area contributed by atoms with Crippen LogP contribution in [0.15, 0.2) is 27.4 Å². The van der Waals surface area contributed by atoms with Crippen LogP contribution in [0, 0.1) is 0 Å². The molecule has 0 fully saturated rings. The summed E-state index contributed by atoms with van der Waals surface area (Å²) in [5.74, 6) is 0.686. The van der Waals surface area contributed by atoms with E-state index in [0.29, 0.717) is 12.0 Å². The smallest absolute Gasteiger partial charge is 0.0285 e. The molecule has 0 amide bonds. The molecule has 0 radical (unpaired) electrons. The molecule has 1 N–H and O–H groups in total. The predicted octanol–water partition coefficient (Wildman–Crippen LogP) is 5.21. The second-order valence-corrected chi connectivity index (χ2v) is 8.31. The molecule has 4 heteroatoms. The van der Waals surface area contributed by atoms with Crippen LogP contribution in [0.25, 0.3) is 0 Å². The Morgan fingerprint density at radius 1 is 1.45 bits per heavy atom. The first-order valence-corrected chi connectivity index (χ1v) is 9.85. The Kier molecular flexibility index (Phi) is 4.97. The van der Waals surface area contributed by atoms with Gasteiger partial charge in [0.2, 0.25) is 0 Å². The Morgan fingerprint density at radius 3 is 3.10 bits per heavy atom. The number of thiophene rings is 2. The van der Waals surface area contributed by atoms with Gasteiger partial charge in [0.05, 0.1) is 0 Å². The van der Waals surface area contributed by atoms with Crippen LogP contribution in [-0.4, -0.2) is 12.6 Å². The molecular weight excluding hydrogens is 350 g/mol. The van der Waals surface area contributed by atoms with Crippen molar-refractivity contribution in [3.63, 3.8) is 0 Å². The highest BCUT2D eigenvalue weighted by Gasteiger charge is 2.28. The van der Waals surface area contributed by atoms with Gasteiger partial charge in [-0.1, -0.05) is 6.92 Å². The molecule has 0 bridgehead atoms. The number of hydrogen-bond donors (Lipinski definition) is 1. The molecule has 0 aliphatic heterocycles. The van der Waals surface area contributed by atoms with E-state index in [4.69, 9.17) is 0 Å². The first kappa shape index (κ1) is 14.8. The van der Waals surface area contributed by atoms with Gasteiger partial charge in [0.25, 0.3) is 0 Å². The Balaban J connectivity index is 1.81. The zero-order valence-corrected chi connectivity index (χ0v) is 14.9. The maximum atomic E-state index is 3.74. The molecule has 2 atom stereocenters. The summed E-state index contributed by atoms with van der Waals surface area (Å²) in [5, 5.41) is 8.20. The SMILES string of the molecule is CCNC(Cc1cc(Br)cs1)C1CCCc2sccc21. The fraction of sp³-hybridized carbons (Fsp3) is 0.500. The molecular formula is C16H20BrNS2. The van der Waals surface area contributed by atoms with E-state index in [9.17, 15) is 0 Å². The van der Waals surface area contributed by atoms with Crippen LogP contribution in [0.3, 0.4) is 0 Å². The second-order valence-electron chi connectivity index (χ2n) is 5.40. The number of aryl methyl sites for hydroxylation is 1. The average molecular weight is 370 g/mol. The standard InChI is InChI=1S/C16H20BrNS2/c1-2-18-15(9-12-8-11(17)10-20-12)13-4-3-5-16-14(13)6-7-19-16/h6-8,10,13,15,18H,2-5,9H2,1H3. The number of hydrogen-bond acceptors (Lipinski definition) is 3. The molecule has 0 spiro atoms. The minimum atomic E-state index is 0.569. The van der Waals surface area contributed by atoms with Crippen molar-refractivity contribution in [2.45, 2.75) is 44.6 Å². The number of nitrogens with one attached hydrogen (secondary N) is 1. The molecule has 108 valence electrons. The van der Waals surface area contributed by atoms with Crippen molar-refractivity contribution in [2.75, 3.05) is 6.54 Å². The molecule has 2 aromatic rings. The lowest BCUT2D eigenvalue weighted by Crippen LogP contribution is -2.37. The molecule has 0 saturated heterocycles. The Hall–Kier alpha value is -0.160. The van der Waals surface area contributed by atoms with Gasteiger partial charge in [-0.15, -0.1) is 22.7 Å². The minimum Gasteiger partial charge on any atom is -0.313 e. The maximum Gasteiger partial charge on any atom is 0.0285 e. The molecule has 1 nitrogen and oxygen atoms in total. The van der Waals surface area contributed by atoms with Gasteiger partial charge in [-0.25, -0.2) is 0 Å². The van der Waals surface area contributed by atoms with Crippen molar-refractivity contribution >= 4 is 38.6 Å². The van der Waals surface area contributed by atoms with Gasteiger partial charge in [0.15, 0.2) is 0 Å². The topological polar surface area (TPSA) is 12.0 Å². The van der Waals surface area contributed by atoms with Gasteiger partial charge in [0, 0.05) is 31.6 Å². The van der Waals surface area contributed by atoms with Crippen molar-refractivity contribution < 1.29 is 0 Å². The summed E-state index contributed by atoms with van der Waals surface area (Å²) < 4.78 is 1.22. The third kappa shape index (κ3) is 3.19. The molecule has 2 heterocycles. The second kappa shape index (κ2) is 6.73. The highest BCUT2D eigenvalue weighted by atomic mass is 79.9. The fourth-order valence-electron chi connectivity index (χ4n) is 3.24. The van der Waals surface area contributed by atoms with E-state index in [1.807, 2.05) is 22.7 Å². The highest BCUT2D eigenvalue weighted by Crippen LogP contribution is 2.38.